The summed E-state index contributed by atoms with van der Waals surface area (Å²) in [6.07, 6.45) is 3.47. The molecule has 0 saturated heterocycles. The number of aromatic nitrogens is 5. The largest absolute Gasteiger partial charge is 0.329 e. The predicted octanol–water partition coefficient (Wildman–Crippen LogP) is 0.628. The lowest BCUT2D eigenvalue weighted by atomic mass is 10.6. The van der Waals surface area contributed by atoms with Crippen LogP contribution in [0.1, 0.15) is 11.6 Å². The van der Waals surface area contributed by atoms with Gasteiger partial charge in [-0.3, -0.25) is 0 Å². The molecule has 2 aromatic rings. The summed E-state index contributed by atoms with van der Waals surface area (Å²) in [5, 5.41) is 9.02. The number of hydrogen-bond acceptors (Lipinski definition) is 6. The van der Waals surface area contributed by atoms with Crippen LogP contribution in [0.3, 0.4) is 0 Å². The lowest BCUT2D eigenvalue weighted by Crippen LogP contribution is -2.12. The van der Waals surface area contributed by atoms with E-state index in [1.807, 2.05) is 11.5 Å². The second-order valence-electron chi connectivity index (χ2n) is 3.42. The van der Waals surface area contributed by atoms with Gasteiger partial charge < -0.3 is 10.3 Å². The molecule has 0 amide bonds. The minimum absolute atomic E-state index is 0.578. The molecule has 2 heterocycles. The number of rotatable bonds is 5. The van der Waals surface area contributed by atoms with E-state index in [9.17, 15) is 0 Å². The maximum atomic E-state index is 5.55. The molecule has 2 N–H and O–H groups in total. The van der Waals surface area contributed by atoms with E-state index in [-0.39, 0.29) is 0 Å². The molecule has 0 aliphatic heterocycles. The van der Waals surface area contributed by atoms with Gasteiger partial charge in [0.15, 0.2) is 5.16 Å². The Bertz CT molecular complexity index is 469. The first-order chi connectivity index (χ1) is 8.31. The fraction of sp³-hybridized carbons (Fsp3) is 0.400. The third-order valence-electron chi connectivity index (χ3n) is 2.20. The zero-order valence-corrected chi connectivity index (χ0v) is 10.4. The van der Waals surface area contributed by atoms with Crippen LogP contribution in [0.2, 0.25) is 0 Å². The normalized spacial score (nSPS) is 10.7. The highest BCUT2D eigenvalue weighted by molar-refractivity contribution is 7.98. The van der Waals surface area contributed by atoms with Gasteiger partial charge in [0.05, 0.1) is 5.75 Å². The van der Waals surface area contributed by atoms with Crippen LogP contribution < -0.4 is 5.73 Å². The second kappa shape index (κ2) is 5.74. The van der Waals surface area contributed by atoms with Crippen molar-refractivity contribution in [3.05, 3.63) is 30.1 Å². The summed E-state index contributed by atoms with van der Waals surface area (Å²) in [7, 11) is 0. The van der Waals surface area contributed by atoms with Crippen molar-refractivity contribution in [2.75, 3.05) is 6.54 Å². The standard InChI is InChI=1S/C10H14N6S/c1-8-14-15-10(16(8)6-3-11)17-7-9-12-4-2-5-13-9/h2,4-5H,3,6-7,11H2,1H3. The molecule has 0 radical (unpaired) electrons. The van der Waals surface area contributed by atoms with Crippen molar-refractivity contribution >= 4 is 11.8 Å². The van der Waals surface area contributed by atoms with Crippen LogP contribution in [0.4, 0.5) is 0 Å². The SMILES string of the molecule is Cc1nnc(SCc2ncccn2)n1CCN. The Kier molecular flexibility index (Phi) is 4.05. The number of nitrogens with two attached hydrogens (primary N) is 1. The Morgan fingerprint density at radius 3 is 2.76 bits per heavy atom. The van der Waals surface area contributed by atoms with Gasteiger partial charge in [0.2, 0.25) is 0 Å². The molecule has 0 aromatic carbocycles. The summed E-state index contributed by atoms with van der Waals surface area (Å²) >= 11 is 1.57. The summed E-state index contributed by atoms with van der Waals surface area (Å²) < 4.78 is 2.01. The van der Waals surface area contributed by atoms with E-state index in [4.69, 9.17) is 5.73 Å². The first kappa shape index (κ1) is 12.0. The number of hydrogen-bond donors (Lipinski definition) is 1. The Balaban J connectivity index is 2.04. The molecule has 0 saturated carbocycles. The molecule has 0 spiro atoms. The molecule has 2 aromatic heterocycles. The van der Waals surface area contributed by atoms with Crippen molar-refractivity contribution in [2.24, 2.45) is 5.73 Å². The molecule has 17 heavy (non-hydrogen) atoms. The van der Waals surface area contributed by atoms with Crippen molar-refractivity contribution in [2.45, 2.75) is 24.4 Å². The van der Waals surface area contributed by atoms with Crippen molar-refractivity contribution < 1.29 is 0 Å². The van der Waals surface area contributed by atoms with E-state index in [1.54, 1.807) is 30.2 Å². The van der Waals surface area contributed by atoms with Crippen LogP contribution in [0.15, 0.2) is 23.6 Å². The van der Waals surface area contributed by atoms with E-state index >= 15 is 0 Å². The van der Waals surface area contributed by atoms with E-state index < -0.39 is 0 Å². The van der Waals surface area contributed by atoms with E-state index in [1.165, 1.54) is 0 Å². The molecule has 6 nitrogen and oxygen atoms in total. The summed E-state index contributed by atoms with van der Waals surface area (Å²) in [4.78, 5) is 8.32. The van der Waals surface area contributed by atoms with Crippen molar-refractivity contribution in [1.29, 1.82) is 0 Å². The highest BCUT2D eigenvalue weighted by atomic mass is 32.2. The molecule has 7 heteroatoms. The fourth-order valence-electron chi connectivity index (χ4n) is 1.39. The third kappa shape index (κ3) is 3.01. The summed E-state index contributed by atoms with van der Waals surface area (Å²) in [6, 6.07) is 1.80. The van der Waals surface area contributed by atoms with E-state index in [2.05, 4.69) is 20.2 Å². The first-order valence-corrected chi connectivity index (χ1v) is 6.28. The number of thioether (sulfide) groups is 1. The summed E-state index contributed by atoms with van der Waals surface area (Å²) in [5.41, 5.74) is 5.55. The molecule has 90 valence electrons. The zero-order valence-electron chi connectivity index (χ0n) is 9.58. The van der Waals surface area contributed by atoms with Gasteiger partial charge in [-0.15, -0.1) is 10.2 Å². The molecule has 0 aliphatic carbocycles. The van der Waals surface area contributed by atoms with Crippen LogP contribution in [0.5, 0.6) is 0 Å². The Hall–Kier alpha value is -1.47. The monoisotopic (exact) mass is 250 g/mol. The van der Waals surface area contributed by atoms with Gasteiger partial charge in [-0.05, 0) is 13.0 Å². The van der Waals surface area contributed by atoms with Crippen molar-refractivity contribution in [3.8, 4) is 0 Å². The molecule has 0 fully saturated rings. The van der Waals surface area contributed by atoms with Crippen LogP contribution in [0, 0.1) is 6.92 Å². The zero-order chi connectivity index (χ0) is 12.1. The van der Waals surface area contributed by atoms with Gasteiger partial charge in [-0.2, -0.15) is 0 Å². The Morgan fingerprint density at radius 1 is 1.29 bits per heavy atom. The minimum Gasteiger partial charge on any atom is -0.329 e. The van der Waals surface area contributed by atoms with Gasteiger partial charge in [0.1, 0.15) is 11.6 Å². The van der Waals surface area contributed by atoms with Crippen LogP contribution in [0.25, 0.3) is 0 Å². The number of aryl methyl sites for hydroxylation is 1. The van der Waals surface area contributed by atoms with Crippen LogP contribution in [-0.2, 0) is 12.3 Å². The summed E-state index contributed by atoms with van der Waals surface area (Å²) in [5.74, 6) is 2.35. The first-order valence-electron chi connectivity index (χ1n) is 5.30. The van der Waals surface area contributed by atoms with Crippen molar-refractivity contribution in [3.63, 3.8) is 0 Å². The van der Waals surface area contributed by atoms with Gasteiger partial charge in [0.25, 0.3) is 0 Å². The highest BCUT2D eigenvalue weighted by Gasteiger charge is 2.09. The lowest BCUT2D eigenvalue weighted by molar-refractivity contribution is 0.627. The third-order valence-corrected chi connectivity index (χ3v) is 3.17. The average Bonchev–Trinajstić information content (AvgIpc) is 2.70. The van der Waals surface area contributed by atoms with Crippen LogP contribution in [-0.4, -0.2) is 31.3 Å². The second-order valence-corrected chi connectivity index (χ2v) is 4.37. The highest BCUT2D eigenvalue weighted by Crippen LogP contribution is 2.19. The maximum Gasteiger partial charge on any atom is 0.191 e. The molecular formula is C10H14N6S. The van der Waals surface area contributed by atoms with E-state index in [0.717, 1.165) is 23.4 Å². The minimum atomic E-state index is 0.578. The molecular weight excluding hydrogens is 236 g/mol. The van der Waals surface area contributed by atoms with Crippen LogP contribution >= 0.6 is 11.8 Å². The maximum absolute atomic E-state index is 5.55. The lowest BCUT2D eigenvalue weighted by Gasteiger charge is -2.05. The van der Waals surface area contributed by atoms with Crippen molar-refractivity contribution in [1.82, 2.24) is 24.7 Å². The quantitative estimate of drug-likeness (QED) is 0.784. The Labute approximate surface area is 104 Å². The van der Waals surface area contributed by atoms with Gasteiger partial charge in [0, 0.05) is 25.5 Å². The smallest absolute Gasteiger partial charge is 0.191 e. The van der Waals surface area contributed by atoms with Gasteiger partial charge >= 0.3 is 0 Å². The molecule has 0 atom stereocenters. The molecule has 0 aliphatic rings. The predicted molar refractivity (Wildman–Crippen MR) is 65.4 cm³/mol. The van der Waals surface area contributed by atoms with E-state index in [0.29, 0.717) is 12.3 Å². The molecule has 0 unspecified atom stereocenters. The van der Waals surface area contributed by atoms with Gasteiger partial charge in [-0.25, -0.2) is 9.97 Å². The van der Waals surface area contributed by atoms with Gasteiger partial charge in [-0.1, -0.05) is 11.8 Å². The average molecular weight is 250 g/mol. The number of nitrogens with zero attached hydrogens (tertiary/aromatic N) is 5. The molecule has 2 rings (SSSR count). The topological polar surface area (TPSA) is 82.5 Å². The Morgan fingerprint density at radius 2 is 2.06 bits per heavy atom. The summed E-state index contributed by atoms with van der Waals surface area (Å²) in [6.45, 7) is 3.23. The fourth-order valence-corrected chi connectivity index (χ4v) is 2.27. The molecule has 0 bridgehead atoms.